The van der Waals surface area contributed by atoms with Gasteiger partial charge in [-0.15, -0.1) is 0 Å². The number of nitrogens with zero attached hydrogens (tertiary/aromatic N) is 1. The van der Waals surface area contributed by atoms with Gasteiger partial charge in [0.1, 0.15) is 6.04 Å². The molecule has 2 rings (SSSR count). The standard InChI is InChI=1S/C14H24N2O5/c1-2-5-15-13(17)11-9-20-7-6-16(11)8-10-3-4-12(21-10)14(18)19/h10-12H,2-9H2,1H3,(H,15,17)(H,18,19). The molecule has 0 aromatic rings. The second-order valence-electron chi connectivity index (χ2n) is 5.54. The fourth-order valence-electron chi connectivity index (χ4n) is 2.75. The Morgan fingerprint density at radius 1 is 1.38 bits per heavy atom. The van der Waals surface area contributed by atoms with Crippen LogP contribution in [0.5, 0.6) is 0 Å². The van der Waals surface area contributed by atoms with E-state index in [0.717, 1.165) is 12.8 Å². The molecule has 0 bridgehead atoms. The minimum absolute atomic E-state index is 0.0238. The average Bonchev–Trinajstić information content (AvgIpc) is 2.94. The van der Waals surface area contributed by atoms with Gasteiger partial charge in [0, 0.05) is 19.6 Å². The highest BCUT2D eigenvalue weighted by molar-refractivity contribution is 5.82. The molecule has 7 heteroatoms. The summed E-state index contributed by atoms with van der Waals surface area (Å²) in [5.41, 5.74) is 0. The number of ether oxygens (including phenoxy) is 2. The van der Waals surface area contributed by atoms with E-state index >= 15 is 0 Å². The smallest absolute Gasteiger partial charge is 0.332 e. The molecule has 21 heavy (non-hydrogen) atoms. The van der Waals surface area contributed by atoms with E-state index in [2.05, 4.69) is 5.32 Å². The fraction of sp³-hybridized carbons (Fsp3) is 0.857. The van der Waals surface area contributed by atoms with Crippen LogP contribution in [0.2, 0.25) is 0 Å². The molecule has 3 atom stereocenters. The molecule has 0 radical (unpaired) electrons. The number of nitrogens with one attached hydrogen (secondary N) is 1. The number of carbonyl (C=O) groups excluding carboxylic acids is 1. The molecule has 120 valence electrons. The molecule has 2 saturated heterocycles. The second-order valence-corrected chi connectivity index (χ2v) is 5.54. The molecule has 0 aromatic carbocycles. The average molecular weight is 300 g/mol. The molecule has 2 heterocycles. The molecule has 1 amide bonds. The van der Waals surface area contributed by atoms with Gasteiger partial charge in [-0.1, -0.05) is 6.92 Å². The Kier molecular flexibility index (Phi) is 5.96. The quantitative estimate of drug-likeness (QED) is 0.709. The maximum atomic E-state index is 12.1. The maximum Gasteiger partial charge on any atom is 0.332 e. The maximum absolute atomic E-state index is 12.1. The lowest BCUT2D eigenvalue weighted by Gasteiger charge is -2.35. The van der Waals surface area contributed by atoms with Gasteiger partial charge in [0.25, 0.3) is 0 Å². The van der Waals surface area contributed by atoms with E-state index in [-0.39, 0.29) is 18.1 Å². The summed E-state index contributed by atoms with van der Waals surface area (Å²) in [6.45, 7) is 4.88. The molecule has 0 aromatic heterocycles. The van der Waals surface area contributed by atoms with Crippen LogP contribution < -0.4 is 5.32 Å². The SMILES string of the molecule is CCCNC(=O)C1COCCN1CC1CCC(C(=O)O)O1. The number of carboxylic acids is 1. The van der Waals surface area contributed by atoms with Crippen molar-refractivity contribution in [1.82, 2.24) is 10.2 Å². The van der Waals surface area contributed by atoms with E-state index in [1.54, 1.807) is 0 Å². The Hall–Kier alpha value is -1.18. The molecule has 3 unspecified atom stereocenters. The Bertz CT molecular complexity index is 376. The van der Waals surface area contributed by atoms with E-state index in [1.165, 1.54) is 0 Å². The molecule has 2 fully saturated rings. The molecule has 7 nitrogen and oxygen atoms in total. The van der Waals surface area contributed by atoms with E-state index in [0.29, 0.717) is 39.3 Å². The molecular weight excluding hydrogens is 276 g/mol. The summed E-state index contributed by atoms with van der Waals surface area (Å²) in [5.74, 6) is -0.930. The summed E-state index contributed by atoms with van der Waals surface area (Å²) >= 11 is 0. The van der Waals surface area contributed by atoms with Crippen LogP contribution in [0.3, 0.4) is 0 Å². The highest BCUT2D eigenvalue weighted by atomic mass is 16.5. The van der Waals surface area contributed by atoms with Crippen molar-refractivity contribution in [2.45, 2.75) is 44.4 Å². The van der Waals surface area contributed by atoms with Crippen LogP contribution in [0.1, 0.15) is 26.2 Å². The van der Waals surface area contributed by atoms with Crippen molar-refractivity contribution < 1.29 is 24.2 Å². The van der Waals surface area contributed by atoms with Gasteiger partial charge < -0.3 is 19.9 Å². The largest absolute Gasteiger partial charge is 0.479 e. The lowest BCUT2D eigenvalue weighted by Crippen LogP contribution is -2.55. The first-order valence-corrected chi connectivity index (χ1v) is 7.59. The number of hydrogen-bond donors (Lipinski definition) is 2. The van der Waals surface area contributed by atoms with Gasteiger partial charge in [-0.25, -0.2) is 4.79 Å². The molecule has 0 saturated carbocycles. The van der Waals surface area contributed by atoms with Crippen LogP contribution >= 0.6 is 0 Å². The number of carboxylic acid groups (broad SMARTS) is 1. The van der Waals surface area contributed by atoms with Crippen LogP contribution in [0.25, 0.3) is 0 Å². The Balaban J connectivity index is 1.87. The lowest BCUT2D eigenvalue weighted by molar-refractivity contribution is -0.151. The van der Waals surface area contributed by atoms with E-state index in [1.807, 2.05) is 11.8 Å². The zero-order valence-corrected chi connectivity index (χ0v) is 12.4. The predicted molar refractivity (Wildman–Crippen MR) is 75.0 cm³/mol. The van der Waals surface area contributed by atoms with E-state index in [4.69, 9.17) is 14.6 Å². The summed E-state index contributed by atoms with van der Waals surface area (Å²) < 4.78 is 10.9. The van der Waals surface area contributed by atoms with Crippen molar-refractivity contribution in [2.75, 3.05) is 32.8 Å². The molecule has 2 N–H and O–H groups in total. The summed E-state index contributed by atoms with van der Waals surface area (Å²) in [7, 11) is 0. The number of aliphatic carboxylic acids is 1. The van der Waals surface area contributed by atoms with Gasteiger partial charge in [0.15, 0.2) is 6.10 Å². The Morgan fingerprint density at radius 3 is 2.86 bits per heavy atom. The van der Waals surface area contributed by atoms with E-state index in [9.17, 15) is 9.59 Å². The zero-order valence-electron chi connectivity index (χ0n) is 12.4. The zero-order chi connectivity index (χ0) is 15.2. The van der Waals surface area contributed by atoms with Gasteiger partial charge >= 0.3 is 5.97 Å². The van der Waals surface area contributed by atoms with Crippen LogP contribution in [0.4, 0.5) is 0 Å². The lowest BCUT2D eigenvalue weighted by atomic mass is 10.1. The first-order chi connectivity index (χ1) is 10.1. The third-order valence-corrected chi connectivity index (χ3v) is 3.91. The Morgan fingerprint density at radius 2 is 2.19 bits per heavy atom. The van der Waals surface area contributed by atoms with Gasteiger partial charge in [-0.2, -0.15) is 0 Å². The third kappa shape index (κ3) is 4.39. The summed E-state index contributed by atoms with van der Waals surface area (Å²) in [5, 5.41) is 11.8. The molecule has 2 aliphatic heterocycles. The van der Waals surface area contributed by atoms with Gasteiger partial charge in [0.05, 0.1) is 19.3 Å². The fourth-order valence-corrected chi connectivity index (χ4v) is 2.75. The van der Waals surface area contributed by atoms with E-state index < -0.39 is 12.1 Å². The monoisotopic (exact) mass is 300 g/mol. The van der Waals surface area contributed by atoms with Crippen LogP contribution in [0, 0.1) is 0 Å². The molecule has 0 spiro atoms. The van der Waals surface area contributed by atoms with Gasteiger partial charge in [-0.05, 0) is 19.3 Å². The highest BCUT2D eigenvalue weighted by Crippen LogP contribution is 2.22. The van der Waals surface area contributed by atoms with Crippen LogP contribution in [-0.4, -0.2) is 73.0 Å². The van der Waals surface area contributed by atoms with Crippen LogP contribution in [-0.2, 0) is 19.1 Å². The predicted octanol–water partition coefficient (Wildman–Crippen LogP) is -0.154. The normalized spacial score (nSPS) is 30.2. The minimum Gasteiger partial charge on any atom is -0.479 e. The number of amides is 1. The summed E-state index contributed by atoms with van der Waals surface area (Å²) in [4.78, 5) is 25.1. The Labute approximate surface area is 124 Å². The van der Waals surface area contributed by atoms with Crippen LogP contribution in [0.15, 0.2) is 0 Å². The number of carbonyl (C=O) groups is 2. The van der Waals surface area contributed by atoms with Crippen molar-refractivity contribution in [3.63, 3.8) is 0 Å². The van der Waals surface area contributed by atoms with Gasteiger partial charge in [-0.3, -0.25) is 9.69 Å². The molecule has 0 aliphatic carbocycles. The third-order valence-electron chi connectivity index (χ3n) is 3.91. The summed E-state index contributed by atoms with van der Waals surface area (Å²) in [6, 6.07) is -0.308. The summed E-state index contributed by atoms with van der Waals surface area (Å²) in [6.07, 6.45) is 1.33. The molecular formula is C14H24N2O5. The van der Waals surface area contributed by atoms with Crippen molar-refractivity contribution in [1.29, 1.82) is 0 Å². The molecule has 2 aliphatic rings. The van der Waals surface area contributed by atoms with Crippen molar-refractivity contribution in [2.24, 2.45) is 0 Å². The topological polar surface area (TPSA) is 88.1 Å². The van der Waals surface area contributed by atoms with Crippen molar-refractivity contribution >= 4 is 11.9 Å². The number of rotatable bonds is 6. The van der Waals surface area contributed by atoms with Crippen molar-refractivity contribution in [3.8, 4) is 0 Å². The highest BCUT2D eigenvalue weighted by Gasteiger charge is 2.35. The second kappa shape index (κ2) is 7.72. The first-order valence-electron chi connectivity index (χ1n) is 7.59. The minimum atomic E-state index is -0.906. The van der Waals surface area contributed by atoms with Crippen molar-refractivity contribution in [3.05, 3.63) is 0 Å². The van der Waals surface area contributed by atoms with Gasteiger partial charge in [0.2, 0.25) is 5.91 Å². The number of hydrogen-bond acceptors (Lipinski definition) is 5. The number of morpholine rings is 1. The first kappa shape index (κ1) is 16.2.